The van der Waals surface area contributed by atoms with Crippen molar-refractivity contribution in [2.24, 2.45) is 0 Å². The first-order valence-electron chi connectivity index (χ1n) is 6.45. The number of hydrogen-bond acceptors (Lipinski definition) is 3. The van der Waals surface area contributed by atoms with Gasteiger partial charge >= 0.3 is 0 Å². The maximum absolute atomic E-state index is 12.8. The summed E-state index contributed by atoms with van der Waals surface area (Å²) in [5.41, 5.74) is 1.47. The summed E-state index contributed by atoms with van der Waals surface area (Å²) in [6.07, 6.45) is 2.80. The minimum absolute atomic E-state index is 0.0553. The van der Waals surface area contributed by atoms with Crippen molar-refractivity contribution in [3.05, 3.63) is 75.6 Å². The molecule has 0 heterocycles. The standard InChI is InChI=1S/C16H13FN2O3/c1-11-2-8-14(10-15(11)19(21)22)18-16(20)9-5-12-3-6-13(17)7-4-12/h2-10H,1H3,(H,18,20)/b9-5+. The van der Waals surface area contributed by atoms with Gasteiger partial charge in [0.15, 0.2) is 0 Å². The third-order valence-corrected chi connectivity index (χ3v) is 2.97. The Morgan fingerprint density at radius 1 is 1.23 bits per heavy atom. The molecule has 0 aliphatic heterocycles. The zero-order valence-electron chi connectivity index (χ0n) is 11.7. The van der Waals surface area contributed by atoms with E-state index in [2.05, 4.69) is 5.32 Å². The number of carbonyl (C=O) groups is 1. The summed E-state index contributed by atoms with van der Waals surface area (Å²) < 4.78 is 12.8. The molecule has 6 heteroatoms. The SMILES string of the molecule is Cc1ccc(NC(=O)/C=C/c2ccc(F)cc2)cc1[N+](=O)[O-]. The van der Waals surface area contributed by atoms with Crippen LogP contribution >= 0.6 is 0 Å². The van der Waals surface area contributed by atoms with Crippen LogP contribution in [-0.4, -0.2) is 10.8 Å². The number of benzene rings is 2. The van der Waals surface area contributed by atoms with Crippen LogP contribution in [0.2, 0.25) is 0 Å². The molecule has 0 atom stereocenters. The molecule has 0 spiro atoms. The summed E-state index contributed by atoms with van der Waals surface area (Å²) in [6, 6.07) is 10.1. The average Bonchev–Trinajstić information content (AvgIpc) is 2.48. The van der Waals surface area contributed by atoms with Crippen LogP contribution in [0.15, 0.2) is 48.5 Å². The molecule has 2 aromatic rings. The molecule has 0 aliphatic carbocycles. The lowest BCUT2D eigenvalue weighted by Crippen LogP contribution is -2.08. The van der Waals surface area contributed by atoms with Gasteiger partial charge in [-0.2, -0.15) is 0 Å². The fourth-order valence-electron chi connectivity index (χ4n) is 1.81. The second-order valence-electron chi connectivity index (χ2n) is 4.63. The van der Waals surface area contributed by atoms with Gasteiger partial charge in [0, 0.05) is 23.4 Å². The Balaban J connectivity index is 2.07. The number of anilines is 1. The fraction of sp³-hybridized carbons (Fsp3) is 0.0625. The van der Waals surface area contributed by atoms with Gasteiger partial charge in [-0.15, -0.1) is 0 Å². The molecule has 0 bridgehead atoms. The first-order chi connectivity index (χ1) is 10.5. The van der Waals surface area contributed by atoms with Crippen LogP contribution in [0.25, 0.3) is 6.08 Å². The van der Waals surface area contributed by atoms with E-state index in [1.807, 2.05) is 0 Å². The summed E-state index contributed by atoms with van der Waals surface area (Å²) >= 11 is 0. The molecule has 1 N–H and O–H groups in total. The molecule has 112 valence electrons. The van der Waals surface area contributed by atoms with Gasteiger partial charge in [0.1, 0.15) is 5.82 Å². The molecular weight excluding hydrogens is 287 g/mol. The van der Waals surface area contributed by atoms with E-state index >= 15 is 0 Å². The Kier molecular flexibility index (Phi) is 4.63. The summed E-state index contributed by atoms with van der Waals surface area (Å²) in [5.74, 6) is -0.781. The third kappa shape index (κ3) is 3.99. The third-order valence-electron chi connectivity index (χ3n) is 2.97. The Labute approximate surface area is 126 Å². The van der Waals surface area contributed by atoms with Crippen molar-refractivity contribution in [1.29, 1.82) is 0 Å². The summed E-state index contributed by atoms with van der Waals surface area (Å²) in [6.45, 7) is 1.62. The van der Waals surface area contributed by atoms with Crippen LogP contribution in [0.5, 0.6) is 0 Å². The maximum Gasteiger partial charge on any atom is 0.274 e. The van der Waals surface area contributed by atoms with Crippen molar-refractivity contribution < 1.29 is 14.1 Å². The Bertz CT molecular complexity index is 740. The lowest BCUT2D eigenvalue weighted by Gasteiger charge is -2.03. The van der Waals surface area contributed by atoms with Gasteiger partial charge in [0.05, 0.1) is 4.92 Å². The molecule has 0 saturated heterocycles. The van der Waals surface area contributed by atoms with Crippen molar-refractivity contribution in [2.45, 2.75) is 6.92 Å². The van der Waals surface area contributed by atoms with Crippen molar-refractivity contribution in [3.63, 3.8) is 0 Å². The molecule has 1 amide bonds. The summed E-state index contributed by atoms with van der Waals surface area (Å²) in [5, 5.41) is 13.4. The predicted molar refractivity (Wildman–Crippen MR) is 81.9 cm³/mol. The molecule has 5 nitrogen and oxygen atoms in total. The first kappa shape index (κ1) is 15.4. The first-order valence-corrected chi connectivity index (χ1v) is 6.45. The predicted octanol–water partition coefficient (Wildman–Crippen LogP) is 3.69. The lowest BCUT2D eigenvalue weighted by atomic mass is 10.2. The lowest BCUT2D eigenvalue weighted by molar-refractivity contribution is -0.385. The molecule has 0 aliphatic rings. The van der Waals surface area contributed by atoms with Gasteiger partial charge in [-0.25, -0.2) is 4.39 Å². The number of nitro benzene ring substituents is 1. The Hall–Kier alpha value is -3.02. The van der Waals surface area contributed by atoms with Crippen molar-refractivity contribution >= 4 is 23.4 Å². The van der Waals surface area contributed by atoms with Crippen LogP contribution < -0.4 is 5.32 Å². The van der Waals surface area contributed by atoms with Crippen molar-refractivity contribution in [3.8, 4) is 0 Å². The van der Waals surface area contributed by atoms with Crippen molar-refractivity contribution in [1.82, 2.24) is 0 Å². The maximum atomic E-state index is 12.8. The number of aryl methyl sites for hydroxylation is 1. The van der Waals surface area contributed by atoms with Gasteiger partial charge in [0.2, 0.25) is 5.91 Å². The van der Waals surface area contributed by atoms with E-state index in [-0.39, 0.29) is 11.5 Å². The minimum atomic E-state index is -0.501. The summed E-state index contributed by atoms with van der Waals surface area (Å²) in [7, 11) is 0. The molecule has 0 aromatic heterocycles. The number of carbonyl (C=O) groups excluding carboxylic acids is 1. The second-order valence-corrected chi connectivity index (χ2v) is 4.63. The molecule has 2 rings (SSSR count). The molecule has 0 unspecified atom stereocenters. The van der Waals surface area contributed by atoms with Gasteiger partial charge < -0.3 is 5.32 Å². The van der Waals surface area contributed by atoms with E-state index in [4.69, 9.17) is 0 Å². The molecule has 0 fully saturated rings. The monoisotopic (exact) mass is 300 g/mol. The Morgan fingerprint density at radius 2 is 1.91 bits per heavy atom. The van der Waals surface area contributed by atoms with Crippen LogP contribution in [0.3, 0.4) is 0 Å². The van der Waals surface area contributed by atoms with E-state index in [1.165, 1.54) is 42.5 Å². The van der Waals surface area contributed by atoms with E-state index < -0.39 is 10.8 Å². The molecule has 22 heavy (non-hydrogen) atoms. The second kappa shape index (κ2) is 6.62. The van der Waals surface area contributed by atoms with E-state index in [0.717, 1.165) is 0 Å². The van der Waals surface area contributed by atoms with Gasteiger partial charge in [-0.3, -0.25) is 14.9 Å². The van der Waals surface area contributed by atoms with Gasteiger partial charge in [0.25, 0.3) is 5.69 Å². The number of hydrogen-bond donors (Lipinski definition) is 1. The highest BCUT2D eigenvalue weighted by atomic mass is 19.1. The van der Waals surface area contributed by atoms with Crippen LogP contribution in [-0.2, 0) is 4.79 Å². The molecule has 2 aromatic carbocycles. The van der Waals surface area contributed by atoms with Crippen LogP contribution in [0.4, 0.5) is 15.8 Å². The van der Waals surface area contributed by atoms with Gasteiger partial charge in [-0.1, -0.05) is 18.2 Å². The number of halogens is 1. The molecular formula is C16H13FN2O3. The van der Waals surface area contributed by atoms with E-state index in [1.54, 1.807) is 19.1 Å². The van der Waals surface area contributed by atoms with Crippen LogP contribution in [0, 0.1) is 22.9 Å². The summed E-state index contributed by atoms with van der Waals surface area (Å²) in [4.78, 5) is 22.1. The Morgan fingerprint density at radius 3 is 2.55 bits per heavy atom. The topological polar surface area (TPSA) is 72.2 Å². The highest BCUT2D eigenvalue weighted by Gasteiger charge is 2.11. The number of nitrogens with one attached hydrogen (secondary N) is 1. The molecule has 0 radical (unpaired) electrons. The smallest absolute Gasteiger partial charge is 0.274 e. The number of amides is 1. The fourth-order valence-corrected chi connectivity index (χ4v) is 1.81. The zero-order chi connectivity index (χ0) is 16.1. The zero-order valence-corrected chi connectivity index (χ0v) is 11.7. The van der Waals surface area contributed by atoms with E-state index in [0.29, 0.717) is 16.8 Å². The number of nitro groups is 1. The van der Waals surface area contributed by atoms with Gasteiger partial charge in [-0.05, 0) is 36.8 Å². The van der Waals surface area contributed by atoms with Crippen LogP contribution in [0.1, 0.15) is 11.1 Å². The number of nitrogens with zero attached hydrogens (tertiary/aromatic N) is 1. The average molecular weight is 300 g/mol. The quantitative estimate of drug-likeness (QED) is 0.531. The highest BCUT2D eigenvalue weighted by molar-refractivity contribution is 6.02. The molecule has 0 saturated carbocycles. The largest absolute Gasteiger partial charge is 0.322 e. The van der Waals surface area contributed by atoms with E-state index in [9.17, 15) is 19.3 Å². The number of rotatable bonds is 4. The minimum Gasteiger partial charge on any atom is -0.322 e. The normalized spacial score (nSPS) is 10.6. The van der Waals surface area contributed by atoms with Crippen molar-refractivity contribution in [2.75, 3.05) is 5.32 Å². The highest BCUT2D eigenvalue weighted by Crippen LogP contribution is 2.22.